The lowest BCUT2D eigenvalue weighted by molar-refractivity contribution is -0.113. The monoisotopic (exact) mass is 424 g/mol. The van der Waals surface area contributed by atoms with Crippen molar-refractivity contribution in [2.75, 3.05) is 11.1 Å². The van der Waals surface area contributed by atoms with Crippen LogP contribution in [0, 0.1) is 6.92 Å². The van der Waals surface area contributed by atoms with Gasteiger partial charge in [-0.05, 0) is 45.0 Å². The number of rotatable bonds is 8. The first kappa shape index (κ1) is 21.5. The van der Waals surface area contributed by atoms with Gasteiger partial charge >= 0.3 is 0 Å². The molecule has 0 bridgehead atoms. The molecule has 156 valence electrons. The number of aromatic nitrogens is 4. The number of amides is 2. The maximum absolute atomic E-state index is 12.5. The second-order valence-corrected chi connectivity index (χ2v) is 7.64. The normalized spacial score (nSPS) is 11.7. The van der Waals surface area contributed by atoms with Gasteiger partial charge in [0.15, 0.2) is 11.0 Å². The molecule has 0 aliphatic carbocycles. The van der Waals surface area contributed by atoms with Crippen LogP contribution in [0.15, 0.2) is 53.8 Å². The minimum absolute atomic E-state index is 0.166. The molecule has 9 heteroatoms. The van der Waals surface area contributed by atoms with E-state index in [0.717, 1.165) is 5.56 Å². The zero-order chi connectivity index (χ0) is 21.5. The Morgan fingerprint density at radius 2 is 2.00 bits per heavy atom. The van der Waals surface area contributed by atoms with Crippen LogP contribution in [0.5, 0.6) is 0 Å². The van der Waals surface area contributed by atoms with Crippen LogP contribution in [0.25, 0.3) is 0 Å². The van der Waals surface area contributed by atoms with Gasteiger partial charge < -0.3 is 15.2 Å². The van der Waals surface area contributed by atoms with Gasteiger partial charge in [0.1, 0.15) is 5.82 Å². The predicted molar refractivity (Wildman–Crippen MR) is 116 cm³/mol. The van der Waals surface area contributed by atoms with Crippen LogP contribution in [0.1, 0.15) is 41.6 Å². The number of thioether (sulfide) groups is 1. The molecule has 3 rings (SSSR count). The molecule has 0 aliphatic heterocycles. The molecule has 2 aromatic heterocycles. The lowest BCUT2D eigenvalue weighted by atomic mass is 10.1. The van der Waals surface area contributed by atoms with Crippen molar-refractivity contribution in [3.63, 3.8) is 0 Å². The van der Waals surface area contributed by atoms with Crippen LogP contribution in [-0.4, -0.2) is 37.3 Å². The van der Waals surface area contributed by atoms with Crippen molar-refractivity contribution in [1.82, 2.24) is 25.1 Å². The highest BCUT2D eigenvalue weighted by Crippen LogP contribution is 2.21. The first-order valence-electron chi connectivity index (χ1n) is 9.62. The fourth-order valence-electron chi connectivity index (χ4n) is 2.90. The minimum Gasteiger partial charge on any atom is -0.342 e. The van der Waals surface area contributed by atoms with Crippen molar-refractivity contribution < 1.29 is 9.59 Å². The second kappa shape index (κ2) is 10.0. The first-order valence-corrected chi connectivity index (χ1v) is 10.6. The molecule has 0 saturated carbocycles. The zero-order valence-corrected chi connectivity index (χ0v) is 17.9. The van der Waals surface area contributed by atoms with E-state index < -0.39 is 0 Å². The van der Waals surface area contributed by atoms with Gasteiger partial charge in [0.25, 0.3) is 5.91 Å². The third kappa shape index (κ3) is 5.44. The summed E-state index contributed by atoms with van der Waals surface area (Å²) >= 11 is 1.29. The summed E-state index contributed by atoms with van der Waals surface area (Å²) < 4.78 is 1.90. The smallest absolute Gasteiger partial charge is 0.251 e. The maximum Gasteiger partial charge on any atom is 0.251 e. The lowest BCUT2D eigenvalue weighted by Crippen LogP contribution is -2.28. The maximum atomic E-state index is 12.5. The van der Waals surface area contributed by atoms with Gasteiger partial charge in [-0.1, -0.05) is 35.5 Å². The van der Waals surface area contributed by atoms with E-state index in [-0.39, 0.29) is 23.6 Å². The number of nitrogens with zero attached hydrogens (tertiary/aromatic N) is 4. The Hall–Kier alpha value is -3.20. The van der Waals surface area contributed by atoms with Crippen LogP contribution in [-0.2, 0) is 11.3 Å². The van der Waals surface area contributed by atoms with Crippen LogP contribution in [0.2, 0.25) is 0 Å². The number of carbonyl (C=O) groups is 2. The summed E-state index contributed by atoms with van der Waals surface area (Å²) in [5.74, 6) is 0.991. The highest BCUT2D eigenvalue weighted by Gasteiger charge is 2.20. The standard InChI is InChI=1S/C21H24N6O2S/c1-4-27-19(15(3)23-20(29)16-9-7-8-14(2)12-16)25-26-21(27)30-13-18(28)24-17-10-5-6-11-22-17/h5-12,15H,4,13H2,1-3H3,(H,23,29)(H,22,24,28)/t15-/m1/s1. The fraction of sp³-hybridized carbons (Fsp3) is 0.286. The van der Waals surface area contributed by atoms with Crippen LogP contribution >= 0.6 is 11.8 Å². The molecule has 1 atom stereocenters. The quantitative estimate of drug-likeness (QED) is 0.539. The molecular formula is C21H24N6O2S. The Kier molecular flexibility index (Phi) is 7.18. The molecule has 2 N–H and O–H groups in total. The predicted octanol–water partition coefficient (Wildman–Crippen LogP) is 3.22. The molecule has 30 heavy (non-hydrogen) atoms. The molecule has 2 heterocycles. The zero-order valence-electron chi connectivity index (χ0n) is 17.1. The molecule has 8 nitrogen and oxygen atoms in total. The van der Waals surface area contributed by atoms with E-state index in [9.17, 15) is 9.59 Å². The summed E-state index contributed by atoms with van der Waals surface area (Å²) in [6, 6.07) is 12.4. The van der Waals surface area contributed by atoms with E-state index in [1.54, 1.807) is 24.4 Å². The van der Waals surface area contributed by atoms with Gasteiger partial charge in [-0.3, -0.25) is 9.59 Å². The minimum atomic E-state index is -0.331. The molecule has 0 aliphatic rings. The first-order chi connectivity index (χ1) is 14.5. The van der Waals surface area contributed by atoms with Gasteiger partial charge in [0.05, 0.1) is 11.8 Å². The average molecular weight is 425 g/mol. The van der Waals surface area contributed by atoms with Gasteiger partial charge in [0, 0.05) is 18.3 Å². The number of hydrogen-bond acceptors (Lipinski definition) is 6. The van der Waals surface area contributed by atoms with Gasteiger partial charge in [-0.2, -0.15) is 0 Å². The highest BCUT2D eigenvalue weighted by molar-refractivity contribution is 7.99. The van der Waals surface area contributed by atoms with Gasteiger partial charge in [0.2, 0.25) is 5.91 Å². The van der Waals surface area contributed by atoms with Crippen LogP contribution in [0.3, 0.4) is 0 Å². The summed E-state index contributed by atoms with van der Waals surface area (Å²) in [6.07, 6.45) is 1.62. The van der Waals surface area contributed by atoms with Crippen LogP contribution in [0.4, 0.5) is 5.82 Å². The number of anilines is 1. The highest BCUT2D eigenvalue weighted by atomic mass is 32.2. The van der Waals surface area contributed by atoms with E-state index in [0.29, 0.717) is 28.9 Å². The molecule has 0 fully saturated rings. The van der Waals surface area contributed by atoms with Gasteiger partial charge in [-0.15, -0.1) is 10.2 Å². The number of benzene rings is 1. The summed E-state index contributed by atoms with van der Waals surface area (Å²) in [5, 5.41) is 14.8. The van der Waals surface area contributed by atoms with E-state index in [1.165, 1.54) is 11.8 Å². The summed E-state index contributed by atoms with van der Waals surface area (Å²) in [6.45, 7) is 6.41. The number of aryl methyl sites for hydroxylation is 1. The fourth-order valence-corrected chi connectivity index (χ4v) is 3.71. The van der Waals surface area contributed by atoms with Crippen molar-refractivity contribution in [2.45, 2.75) is 38.5 Å². The Balaban J connectivity index is 1.63. The summed E-state index contributed by atoms with van der Waals surface area (Å²) in [7, 11) is 0. The van der Waals surface area contributed by atoms with E-state index in [2.05, 4.69) is 25.8 Å². The van der Waals surface area contributed by atoms with Crippen molar-refractivity contribution in [3.8, 4) is 0 Å². The molecule has 1 aromatic carbocycles. The van der Waals surface area contributed by atoms with Crippen molar-refractivity contribution in [2.24, 2.45) is 0 Å². The Labute approximate surface area is 179 Å². The van der Waals surface area contributed by atoms with Crippen molar-refractivity contribution in [3.05, 3.63) is 65.6 Å². The Morgan fingerprint density at radius 1 is 1.17 bits per heavy atom. The molecule has 0 saturated heterocycles. The van der Waals surface area contributed by atoms with E-state index in [1.807, 2.05) is 49.6 Å². The largest absolute Gasteiger partial charge is 0.342 e. The molecule has 0 spiro atoms. The topological polar surface area (TPSA) is 102 Å². The third-order valence-electron chi connectivity index (χ3n) is 4.34. The molecular weight excluding hydrogens is 400 g/mol. The summed E-state index contributed by atoms with van der Waals surface area (Å²) in [4.78, 5) is 28.8. The number of hydrogen-bond donors (Lipinski definition) is 2. The van der Waals surface area contributed by atoms with Crippen LogP contribution < -0.4 is 10.6 Å². The molecule has 0 radical (unpaired) electrons. The molecule has 0 unspecified atom stereocenters. The van der Waals surface area contributed by atoms with Gasteiger partial charge in [-0.25, -0.2) is 4.98 Å². The second-order valence-electron chi connectivity index (χ2n) is 6.70. The Morgan fingerprint density at radius 3 is 2.70 bits per heavy atom. The number of nitrogens with one attached hydrogen (secondary N) is 2. The summed E-state index contributed by atoms with van der Waals surface area (Å²) in [5.41, 5.74) is 1.62. The average Bonchev–Trinajstić information content (AvgIpc) is 3.16. The Bertz CT molecular complexity index is 1020. The van der Waals surface area contributed by atoms with Crippen molar-refractivity contribution >= 4 is 29.4 Å². The molecule has 2 amide bonds. The number of carbonyl (C=O) groups excluding carboxylic acids is 2. The van der Waals surface area contributed by atoms with Crippen molar-refractivity contribution in [1.29, 1.82) is 0 Å². The van der Waals surface area contributed by atoms with E-state index >= 15 is 0 Å². The SMILES string of the molecule is CCn1c(SCC(=O)Nc2ccccn2)nnc1[C@@H](C)NC(=O)c1cccc(C)c1. The third-order valence-corrected chi connectivity index (χ3v) is 5.31. The molecule has 3 aromatic rings. The van der Waals surface area contributed by atoms with E-state index in [4.69, 9.17) is 0 Å². The number of pyridine rings is 1. The lowest BCUT2D eigenvalue weighted by Gasteiger charge is -2.15.